The van der Waals surface area contributed by atoms with Crippen molar-refractivity contribution in [3.05, 3.63) is 30.3 Å². The molecule has 0 spiro atoms. The number of esters is 1. The van der Waals surface area contributed by atoms with E-state index >= 15 is 0 Å². The van der Waals surface area contributed by atoms with Crippen molar-refractivity contribution in [1.29, 1.82) is 0 Å². The molecule has 0 fully saturated rings. The van der Waals surface area contributed by atoms with Crippen LogP contribution in [0, 0.1) is 0 Å². The van der Waals surface area contributed by atoms with Crippen LogP contribution in [0.15, 0.2) is 30.3 Å². The van der Waals surface area contributed by atoms with Crippen molar-refractivity contribution in [2.24, 2.45) is 0 Å². The molecule has 22 heavy (non-hydrogen) atoms. The van der Waals surface area contributed by atoms with Gasteiger partial charge in [-0.15, -0.1) is 0 Å². The van der Waals surface area contributed by atoms with Crippen molar-refractivity contribution in [3.8, 4) is 17.2 Å². The number of carbonyl (C=O) groups is 1. The number of phenolic OH excluding ortho intramolecular Hbond substituents is 1. The SMILES string of the molecule is CCCCCCOc1cc(OC(C)=O)c2ccccc2c1O. The van der Waals surface area contributed by atoms with Crippen LogP contribution in [0.1, 0.15) is 39.5 Å². The maximum Gasteiger partial charge on any atom is 0.308 e. The third-order valence-corrected chi connectivity index (χ3v) is 3.45. The van der Waals surface area contributed by atoms with Crippen molar-refractivity contribution in [2.75, 3.05) is 6.61 Å². The van der Waals surface area contributed by atoms with E-state index in [1.54, 1.807) is 18.2 Å². The maximum atomic E-state index is 11.3. The Morgan fingerprint density at radius 2 is 1.82 bits per heavy atom. The zero-order valence-corrected chi connectivity index (χ0v) is 13.1. The molecule has 2 aromatic rings. The minimum Gasteiger partial charge on any atom is -0.504 e. The Morgan fingerprint density at radius 3 is 2.50 bits per heavy atom. The van der Waals surface area contributed by atoms with E-state index in [1.807, 2.05) is 12.1 Å². The van der Waals surface area contributed by atoms with Crippen LogP contribution in [-0.4, -0.2) is 17.7 Å². The molecule has 0 aliphatic carbocycles. The molecule has 0 radical (unpaired) electrons. The molecular weight excluding hydrogens is 280 g/mol. The number of unbranched alkanes of at least 4 members (excludes halogenated alkanes) is 3. The van der Waals surface area contributed by atoms with E-state index in [2.05, 4.69) is 6.92 Å². The number of fused-ring (bicyclic) bond motifs is 1. The van der Waals surface area contributed by atoms with Crippen molar-refractivity contribution < 1.29 is 19.4 Å². The molecule has 2 rings (SSSR count). The fraction of sp³-hybridized carbons (Fsp3) is 0.389. The van der Waals surface area contributed by atoms with Gasteiger partial charge < -0.3 is 14.6 Å². The van der Waals surface area contributed by atoms with Crippen LogP contribution in [0.25, 0.3) is 10.8 Å². The first-order valence-electron chi connectivity index (χ1n) is 7.69. The van der Waals surface area contributed by atoms with Gasteiger partial charge in [-0.3, -0.25) is 4.79 Å². The Balaban J connectivity index is 2.25. The highest BCUT2D eigenvalue weighted by molar-refractivity contribution is 5.96. The van der Waals surface area contributed by atoms with Crippen LogP contribution in [-0.2, 0) is 4.79 Å². The molecular formula is C18H22O4. The average Bonchev–Trinajstić information content (AvgIpc) is 2.51. The summed E-state index contributed by atoms with van der Waals surface area (Å²) in [5, 5.41) is 11.6. The summed E-state index contributed by atoms with van der Waals surface area (Å²) in [4.78, 5) is 11.3. The number of benzene rings is 2. The standard InChI is InChI=1S/C18H22O4/c1-3-4-5-8-11-21-17-12-16(22-13(2)19)14-9-6-7-10-15(14)18(17)20/h6-7,9-10,12,20H,3-5,8,11H2,1-2H3. The largest absolute Gasteiger partial charge is 0.504 e. The second-order valence-electron chi connectivity index (χ2n) is 5.27. The summed E-state index contributed by atoms with van der Waals surface area (Å²) in [7, 11) is 0. The summed E-state index contributed by atoms with van der Waals surface area (Å²) in [5.41, 5.74) is 0. The van der Waals surface area contributed by atoms with E-state index < -0.39 is 5.97 Å². The molecule has 0 aliphatic heterocycles. The van der Waals surface area contributed by atoms with E-state index in [1.165, 1.54) is 13.3 Å². The van der Waals surface area contributed by atoms with Gasteiger partial charge in [-0.25, -0.2) is 0 Å². The Kier molecular flexibility index (Phi) is 5.64. The molecule has 118 valence electrons. The van der Waals surface area contributed by atoms with Crippen molar-refractivity contribution in [2.45, 2.75) is 39.5 Å². The Labute approximate surface area is 130 Å². The second-order valence-corrected chi connectivity index (χ2v) is 5.27. The summed E-state index contributed by atoms with van der Waals surface area (Å²) >= 11 is 0. The molecule has 0 saturated heterocycles. The zero-order chi connectivity index (χ0) is 15.9. The van der Waals surface area contributed by atoms with Gasteiger partial charge in [0.15, 0.2) is 11.5 Å². The van der Waals surface area contributed by atoms with Crippen molar-refractivity contribution in [1.82, 2.24) is 0 Å². The van der Waals surface area contributed by atoms with Crippen LogP contribution in [0.3, 0.4) is 0 Å². The Bertz CT molecular complexity index is 649. The molecule has 0 unspecified atom stereocenters. The van der Waals surface area contributed by atoms with Crippen molar-refractivity contribution in [3.63, 3.8) is 0 Å². The lowest BCUT2D eigenvalue weighted by Gasteiger charge is -2.13. The smallest absolute Gasteiger partial charge is 0.308 e. The number of hydrogen-bond donors (Lipinski definition) is 1. The van der Waals surface area contributed by atoms with E-state index in [0.717, 1.165) is 19.3 Å². The molecule has 0 heterocycles. The molecule has 4 heteroatoms. The van der Waals surface area contributed by atoms with Gasteiger partial charge in [0.05, 0.1) is 6.61 Å². The number of carbonyl (C=O) groups excluding carboxylic acids is 1. The van der Waals surface area contributed by atoms with Gasteiger partial charge >= 0.3 is 5.97 Å². The molecule has 2 aromatic carbocycles. The lowest BCUT2D eigenvalue weighted by molar-refractivity contribution is -0.131. The van der Waals surface area contributed by atoms with Crippen LogP contribution >= 0.6 is 0 Å². The van der Waals surface area contributed by atoms with E-state index in [4.69, 9.17) is 9.47 Å². The summed E-state index contributed by atoms with van der Waals surface area (Å²) in [6.45, 7) is 4.04. The zero-order valence-electron chi connectivity index (χ0n) is 13.1. The van der Waals surface area contributed by atoms with Gasteiger partial charge in [-0.1, -0.05) is 50.5 Å². The van der Waals surface area contributed by atoms with Crippen LogP contribution < -0.4 is 9.47 Å². The quantitative estimate of drug-likeness (QED) is 0.467. The van der Waals surface area contributed by atoms with Crippen LogP contribution in [0.5, 0.6) is 17.2 Å². The third-order valence-electron chi connectivity index (χ3n) is 3.45. The fourth-order valence-electron chi connectivity index (χ4n) is 2.36. The molecule has 0 bridgehead atoms. The molecule has 0 atom stereocenters. The maximum absolute atomic E-state index is 11.3. The van der Waals surface area contributed by atoms with Crippen molar-refractivity contribution >= 4 is 16.7 Å². The summed E-state index contributed by atoms with van der Waals surface area (Å²) in [6.07, 6.45) is 4.37. The van der Waals surface area contributed by atoms with Gasteiger partial charge in [0, 0.05) is 23.8 Å². The lowest BCUT2D eigenvalue weighted by atomic mass is 10.1. The van der Waals surface area contributed by atoms with Gasteiger partial charge in [-0.05, 0) is 6.42 Å². The number of rotatable bonds is 7. The molecule has 1 N–H and O–H groups in total. The minimum atomic E-state index is -0.398. The fourth-order valence-corrected chi connectivity index (χ4v) is 2.36. The molecule has 0 amide bonds. The third kappa shape index (κ3) is 3.91. The van der Waals surface area contributed by atoms with E-state index in [9.17, 15) is 9.90 Å². The van der Waals surface area contributed by atoms with Gasteiger partial charge in [-0.2, -0.15) is 0 Å². The number of aromatic hydroxyl groups is 1. The number of phenols is 1. The second kappa shape index (κ2) is 7.69. The van der Waals surface area contributed by atoms with E-state index in [-0.39, 0.29) is 5.75 Å². The normalized spacial score (nSPS) is 10.6. The van der Waals surface area contributed by atoms with Gasteiger partial charge in [0.25, 0.3) is 0 Å². The molecule has 0 aromatic heterocycles. The molecule has 0 saturated carbocycles. The average molecular weight is 302 g/mol. The van der Waals surface area contributed by atoms with E-state index in [0.29, 0.717) is 28.9 Å². The van der Waals surface area contributed by atoms with Gasteiger partial charge in [0.2, 0.25) is 0 Å². The molecule has 4 nitrogen and oxygen atoms in total. The van der Waals surface area contributed by atoms with Gasteiger partial charge in [0.1, 0.15) is 5.75 Å². The highest BCUT2D eigenvalue weighted by Crippen LogP contribution is 2.40. The first kappa shape index (κ1) is 16.1. The topological polar surface area (TPSA) is 55.8 Å². The predicted molar refractivity (Wildman–Crippen MR) is 86.6 cm³/mol. The minimum absolute atomic E-state index is 0.0852. The highest BCUT2D eigenvalue weighted by atomic mass is 16.5. The lowest BCUT2D eigenvalue weighted by Crippen LogP contribution is -2.03. The Hall–Kier alpha value is -2.23. The monoisotopic (exact) mass is 302 g/mol. The van der Waals surface area contributed by atoms with Crippen LogP contribution in [0.2, 0.25) is 0 Å². The summed E-state index contributed by atoms with van der Waals surface area (Å²) in [6, 6.07) is 8.82. The first-order valence-corrected chi connectivity index (χ1v) is 7.69. The van der Waals surface area contributed by atoms with Crippen LogP contribution in [0.4, 0.5) is 0 Å². The summed E-state index contributed by atoms with van der Waals surface area (Å²) in [5.74, 6) is 0.447. The first-order chi connectivity index (χ1) is 10.6. The Morgan fingerprint density at radius 1 is 1.09 bits per heavy atom. The molecule has 0 aliphatic rings. The predicted octanol–water partition coefficient (Wildman–Crippen LogP) is 4.43. The summed E-state index contributed by atoms with van der Waals surface area (Å²) < 4.78 is 10.9. The number of hydrogen-bond acceptors (Lipinski definition) is 4. The number of ether oxygens (including phenoxy) is 2. The highest BCUT2D eigenvalue weighted by Gasteiger charge is 2.14.